The highest BCUT2D eigenvalue weighted by Crippen LogP contribution is 2.20. The van der Waals surface area contributed by atoms with Crippen LogP contribution in [-0.4, -0.2) is 41.6 Å². The summed E-state index contributed by atoms with van der Waals surface area (Å²) in [6, 6.07) is 8.22. The van der Waals surface area contributed by atoms with Gasteiger partial charge in [0.05, 0.1) is 0 Å². The fraction of sp³-hybridized carbons (Fsp3) is 0.600. The third-order valence-corrected chi connectivity index (χ3v) is 4.89. The first-order chi connectivity index (χ1) is 12.1. The molecule has 1 unspecified atom stereocenters. The van der Waals surface area contributed by atoms with Crippen molar-refractivity contribution in [3.63, 3.8) is 0 Å². The summed E-state index contributed by atoms with van der Waals surface area (Å²) in [5.41, 5.74) is 0.703. The molecule has 1 aromatic rings. The van der Waals surface area contributed by atoms with Crippen molar-refractivity contribution in [2.75, 3.05) is 13.1 Å². The fourth-order valence-electron chi connectivity index (χ4n) is 3.04. The number of likely N-dealkylation sites (tertiary alicyclic amines) is 1. The number of hydrogen-bond donors (Lipinski definition) is 1. The van der Waals surface area contributed by atoms with Gasteiger partial charge < -0.3 is 15.0 Å². The van der Waals surface area contributed by atoms with E-state index in [1.807, 2.05) is 39.8 Å². The minimum atomic E-state index is -0.492. The third kappa shape index (κ3) is 6.63. The molecule has 6 heteroatoms. The highest BCUT2D eigenvalue weighted by molar-refractivity contribution is 9.10. The molecule has 144 valence electrons. The Bertz CT molecular complexity index is 617. The normalized spacial score (nSPS) is 16.9. The largest absolute Gasteiger partial charge is 0.444 e. The minimum Gasteiger partial charge on any atom is -0.444 e. The van der Waals surface area contributed by atoms with E-state index >= 15 is 0 Å². The van der Waals surface area contributed by atoms with Crippen LogP contribution in [-0.2, 0) is 16.0 Å². The van der Waals surface area contributed by atoms with Gasteiger partial charge in [-0.15, -0.1) is 0 Å². The molecule has 0 aromatic heterocycles. The quantitative estimate of drug-likeness (QED) is 0.789. The van der Waals surface area contributed by atoms with Crippen molar-refractivity contribution < 1.29 is 14.3 Å². The zero-order chi connectivity index (χ0) is 19.3. The Hall–Kier alpha value is -1.56. The second-order valence-corrected chi connectivity index (χ2v) is 8.90. The minimum absolute atomic E-state index is 0.0407. The summed E-state index contributed by atoms with van der Waals surface area (Å²) in [5.74, 6) is 0.0412. The third-order valence-electron chi connectivity index (χ3n) is 4.36. The number of ether oxygens (including phenoxy) is 1. The number of rotatable bonds is 4. The Morgan fingerprint density at radius 2 is 1.81 bits per heavy atom. The number of piperidine rings is 1. The van der Waals surface area contributed by atoms with Crippen LogP contribution in [0.5, 0.6) is 0 Å². The van der Waals surface area contributed by atoms with Crippen LogP contribution in [0.25, 0.3) is 0 Å². The topological polar surface area (TPSA) is 58.6 Å². The van der Waals surface area contributed by atoms with Crippen LogP contribution in [0.15, 0.2) is 28.7 Å². The Morgan fingerprint density at radius 3 is 2.35 bits per heavy atom. The van der Waals surface area contributed by atoms with Crippen molar-refractivity contribution in [2.45, 2.75) is 58.6 Å². The Labute approximate surface area is 164 Å². The van der Waals surface area contributed by atoms with E-state index in [9.17, 15) is 9.59 Å². The highest BCUT2D eigenvalue weighted by atomic mass is 79.9. The van der Waals surface area contributed by atoms with Crippen LogP contribution >= 0.6 is 15.9 Å². The van der Waals surface area contributed by atoms with Crippen LogP contribution in [0, 0.1) is 5.92 Å². The molecular formula is C20H29BrN2O3. The molecule has 0 spiro atoms. The lowest BCUT2D eigenvalue weighted by Gasteiger charge is -2.33. The van der Waals surface area contributed by atoms with E-state index < -0.39 is 5.60 Å². The molecule has 5 nitrogen and oxygen atoms in total. The van der Waals surface area contributed by atoms with Crippen LogP contribution in [0.2, 0.25) is 0 Å². The predicted molar refractivity (Wildman–Crippen MR) is 106 cm³/mol. The maximum absolute atomic E-state index is 12.5. The first kappa shape index (κ1) is 20.7. The summed E-state index contributed by atoms with van der Waals surface area (Å²) in [7, 11) is 0. The first-order valence-corrected chi connectivity index (χ1v) is 9.96. The molecule has 1 fully saturated rings. The maximum atomic E-state index is 12.5. The number of halogens is 1. The molecule has 2 rings (SSSR count). The van der Waals surface area contributed by atoms with Gasteiger partial charge in [0, 0.05) is 29.5 Å². The van der Waals surface area contributed by atoms with Gasteiger partial charge in [0.25, 0.3) is 0 Å². The number of benzene rings is 1. The average Bonchev–Trinajstić information content (AvgIpc) is 2.55. The van der Waals surface area contributed by atoms with Crippen LogP contribution in [0.3, 0.4) is 0 Å². The van der Waals surface area contributed by atoms with E-state index in [2.05, 4.69) is 33.4 Å². The van der Waals surface area contributed by atoms with E-state index in [0.29, 0.717) is 25.9 Å². The van der Waals surface area contributed by atoms with Gasteiger partial charge in [-0.2, -0.15) is 0 Å². The van der Waals surface area contributed by atoms with Crippen LogP contribution in [0.1, 0.15) is 46.1 Å². The summed E-state index contributed by atoms with van der Waals surface area (Å²) in [5, 5.41) is 3.11. The van der Waals surface area contributed by atoms with E-state index in [1.54, 1.807) is 4.90 Å². The van der Waals surface area contributed by atoms with Gasteiger partial charge >= 0.3 is 6.09 Å². The predicted octanol–water partition coefficient (Wildman–Crippen LogP) is 4.14. The zero-order valence-electron chi connectivity index (χ0n) is 16.0. The van der Waals surface area contributed by atoms with Gasteiger partial charge in [0.15, 0.2) is 0 Å². The Kier molecular flexibility index (Phi) is 7.09. The van der Waals surface area contributed by atoms with Crippen molar-refractivity contribution >= 4 is 27.9 Å². The van der Waals surface area contributed by atoms with Gasteiger partial charge in [-0.05, 0) is 64.7 Å². The molecule has 1 aliphatic rings. The van der Waals surface area contributed by atoms with Gasteiger partial charge in [-0.1, -0.05) is 28.1 Å². The number of hydrogen-bond acceptors (Lipinski definition) is 3. The number of amides is 2. The molecule has 0 aliphatic carbocycles. The molecule has 1 N–H and O–H groups in total. The molecule has 0 saturated carbocycles. The summed E-state index contributed by atoms with van der Waals surface area (Å²) in [6.07, 6.45) is 1.86. The number of carbonyl (C=O) groups is 2. The van der Waals surface area contributed by atoms with Crippen LogP contribution < -0.4 is 5.32 Å². The van der Waals surface area contributed by atoms with Gasteiger partial charge in [-0.25, -0.2) is 4.79 Å². The van der Waals surface area contributed by atoms with Crippen molar-refractivity contribution in [1.29, 1.82) is 0 Å². The lowest BCUT2D eigenvalue weighted by Crippen LogP contribution is -2.46. The summed E-state index contributed by atoms with van der Waals surface area (Å²) in [4.78, 5) is 26.3. The Balaban J connectivity index is 1.77. The molecule has 1 atom stereocenters. The average molecular weight is 425 g/mol. The monoisotopic (exact) mass is 424 g/mol. The second-order valence-electron chi connectivity index (χ2n) is 7.98. The van der Waals surface area contributed by atoms with Crippen molar-refractivity contribution in [1.82, 2.24) is 10.2 Å². The van der Waals surface area contributed by atoms with Crippen molar-refractivity contribution in [3.8, 4) is 0 Å². The van der Waals surface area contributed by atoms with E-state index in [4.69, 9.17) is 4.74 Å². The van der Waals surface area contributed by atoms with Gasteiger partial charge in [0.2, 0.25) is 5.91 Å². The molecule has 1 aliphatic heterocycles. The number of nitrogens with one attached hydrogen (secondary N) is 1. The highest BCUT2D eigenvalue weighted by Gasteiger charge is 2.30. The summed E-state index contributed by atoms with van der Waals surface area (Å²) < 4.78 is 6.45. The molecule has 26 heavy (non-hydrogen) atoms. The SMILES string of the molecule is CC(Cc1ccc(Br)cc1)NC(=O)C1CCN(C(=O)OC(C)(C)C)CC1. The molecule has 2 amide bonds. The lowest BCUT2D eigenvalue weighted by molar-refractivity contribution is -0.127. The fourth-order valence-corrected chi connectivity index (χ4v) is 3.30. The lowest BCUT2D eigenvalue weighted by atomic mass is 9.95. The number of nitrogens with zero attached hydrogens (tertiary/aromatic N) is 1. The van der Waals surface area contributed by atoms with Gasteiger partial charge in [0.1, 0.15) is 5.60 Å². The molecular weight excluding hydrogens is 396 g/mol. The maximum Gasteiger partial charge on any atom is 0.410 e. The molecule has 1 saturated heterocycles. The van der Waals surface area contributed by atoms with Crippen molar-refractivity contribution in [3.05, 3.63) is 34.3 Å². The molecule has 1 heterocycles. The summed E-state index contributed by atoms with van der Waals surface area (Å²) in [6.45, 7) is 8.73. The van der Waals surface area contributed by atoms with Gasteiger partial charge in [-0.3, -0.25) is 4.79 Å². The molecule has 0 bridgehead atoms. The second kappa shape index (κ2) is 8.89. The van der Waals surface area contributed by atoms with Crippen molar-refractivity contribution in [2.24, 2.45) is 5.92 Å². The Morgan fingerprint density at radius 1 is 1.23 bits per heavy atom. The summed E-state index contributed by atoms with van der Waals surface area (Å²) >= 11 is 3.43. The number of carbonyl (C=O) groups excluding carboxylic acids is 2. The van der Waals surface area contributed by atoms with E-state index in [1.165, 1.54) is 5.56 Å². The smallest absolute Gasteiger partial charge is 0.410 e. The zero-order valence-corrected chi connectivity index (χ0v) is 17.6. The van der Waals surface area contributed by atoms with Crippen LogP contribution in [0.4, 0.5) is 4.79 Å². The molecule has 1 aromatic carbocycles. The molecule has 0 radical (unpaired) electrons. The van der Waals surface area contributed by atoms with E-state index in [-0.39, 0.29) is 24.0 Å². The standard InChI is InChI=1S/C20H29BrN2O3/c1-14(13-15-5-7-17(21)8-6-15)22-18(24)16-9-11-23(12-10-16)19(25)26-20(2,3)4/h5-8,14,16H,9-13H2,1-4H3,(H,22,24). The first-order valence-electron chi connectivity index (χ1n) is 9.17. The van der Waals surface area contributed by atoms with E-state index in [0.717, 1.165) is 10.9 Å².